The Hall–Kier alpha value is -2.14. The van der Waals surface area contributed by atoms with Gasteiger partial charge in [-0.3, -0.25) is 4.79 Å². The van der Waals surface area contributed by atoms with E-state index in [0.717, 1.165) is 0 Å². The second-order valence-corrected chi connectivity index (χ2v) is 3.94. The van der Waals surface area contributed by atoms with Gasteiger partial charge in [0.15, 0.2) is 0 Å². The van der Waals surface area contributed by atoms with Gasteiger partial charge in [-0.05, 0) is 24.3 Å². The van der Waals surface area contributed by atoms with Crippen LogP contribution in [0, 0.1) is 0 Å². The van der Waals surface area contributed by atoms with Crippen LogP contribution >= 0.6 is 11.6 Å². The van der Waals surface area contributed by atoms with E-state index in [-0.39, 0.29) is 11.6 Å². The lowest BCUT2D eigenvalue weighted by Crippen LogP contribution is -2.14. The maximum Gasteiger partial charge on any atom is 0.360 e. The van der Waals surface area contributed by atoms with Crippen molar-refractivity contribution in [2.75, 3.05) is 5.32 Å². The SMILES string of the molecule is CC(=O)Nc1ccc(-c2ccc(Cl)nc2)oc1=O. The zero-order valence-electron chi connectivity index (χ0n) is 9.44. The third-order valence-electron chi connectivity index (χ3n) is 2.15. The van der Waals surface area contributed by atoms with E-state index in [1.165, 1.54) is 19.2 Å². The molecule has 0 fully saturated rings. The van der Waals surface area contributed by atoms with Gasteiger partial charge in [-0.25, -0.2) is 9.78 Å². The maximum atomic E-state index is 11.6. The van der Waals surface area contributed by atoms with Crippen LogP contribution in [-0.2, 0) is 4.79 Å². The molecule has 1 N–H and O–H groups in total. The smallest absolute Gasteiger partial charge is 0.360 e. The van der Waals surface area contributed by atoms with E-state index in [9.17, 15) is 9.59 Å². The summed E-state index contributed by atoms with van der Waals surface area (Å²) in [4.78, 5) is 26.3. The van der Waals surface area contributed by atoms with E-state index in [1.54, 1.807) is 18.2 Å². The molecule has 0 aliphatic rings. The molecule has 0 radical (unpaired) electrons. The maximum absolute atomic E-state index is 11.6. The molecule has 0 aromatic carbocycles. The minimum absolute atomic E-state index is 0.105. The third-order valence-corrected chi connectivity index (χ3v) is 2.37. The second-order valence-electron chi connectivity index (χ2n) is 3.55. The fourth-order valence-electron chi connectivity index (χ4n) is 1.37. The number of amides is 1. The van der Waals surface area contributed by atoms with Crippen molar-refractivity contribution in [1.29, 1.82) is 0 Å². The number of rotatable bonds is 2. The molecule has 2 aromatic heterocycles. The Kier molecular flexibility index (Phi) is 3.43. The van der Waals surface area contributed by atoms with Crippen molar-refractivity contribution >= 4 is 23.2 Å². The number of carbonyl (C=O) groups is 1. The lowest BCUT2D eigenvalue weighted by atomic mass is 10.2. The van der Waals surface area contributed by atoms with Crippen molar-refractivity contribution < 1.29 is 9.21 Å². The number of hydrogen-bond donors (Lipinski definition) is 1. The molecule has 0 aliphatic heterocycles. The highest BCUT2D eigenvalue weighted by atomic mass is 35.5. The van der Waals surface area contributed by atoms with Crippen LogP contribution in [0.2, 0.25) is 5.15 Å². The first-order chi connectivity index (χ1) is 8.56. The molecule has 2 aromatic rings. The number of hydrogen-bond acceptors (Lipinski definition) is 4. The number of halogens is 1. The fraction of sp³-hybridized carbons (Fsp3) is 0.0833. The second kappa shape index (κ2) is 5.01. The Morgan fingerprint density at radius 1 is 1.33 bits per heavy atom. The molecule has 0 saturated carbocycles. The summed E-state index contributed by atoms with van der Waals surface area (Å²) in [7, 11) is 0. The van der Waals surface area contributed by atoms with Crippen molar-refractivity contribution in [3.05, 3.63) is 46.0 Å². The van der Waals surface area contributed by atoms with Gasteiger partial charge >= 0.3 is 5.63 Å². The quantitative estimate of drug-likeness (QED) is 0.845. The fourth-order valence-corrected chi connectivity index (χ4v) is 1.49. The average molecular weight is 265 g/mol. The molecule has 2 heterocycles. The summed E-state index contributed by atoms with van der Waals surface area (Å²) in [5.74, 6) is 0.0291. The van der Waals surface area contributed by atoms with Gasteiger partial charge < -0.3 is 9.73 Å². The molecule has 5 nitrogen and oxygen atoms in total. The van der Waals surface area contributed by atoms with Crippen LogP contribution in [0.25, 0.3) is 11.3 Å². The molecule has 2 rings (SSSR count). The zero-order valence-corrected chi connectivity index (χ0v) is 10.2. The molecule has 1 amide bonds. The van der Waals surface area contributed by atoms with Gasteiger partial charge in [-0.15, -0.1) is 0 Å². The first-order valence-corrected chi connectivity index (χ1v) is 5.48. The summed E-state index contributed by atoms with van der Waals surface area (Å²) in [5.41, 5.74) is 0.122. The Morgan fingerprint density at radius 3 is 2.67 bits per heavy atom. The summed E-state index contributed by atoms with van der Waals surface area (Å²) >= 11 is 5.66. The van der Waals surface area contributed by atoms with E-state index < -0.39 is 5.63 Å². The predicted octanol–water partition coefficient (Wildman–Crippen LogP) is 2.31. The number of anilines is 1. The van der Waals surface area contributed by atoms with Crippen molar-refractivity contribution in [1.82, 2.24) is 4.98 Å². The first-order valence-electron chi connectivity index (χ1n) is 5.10. The Bertz CT molecular complexity index is 635. The Morgan fingerprint density at radius 2 is 2.11 bits per heavy atom. The Balaban J connectivity index is 2.37. The van der Waals surface area contributed by atoms with Crippen molar-refractivity contribution in [3.63, 3.8) is 0 Å². The van der Waals surface area contributed by atoms with Crippen LogP contribution in [0.3, 0.4) is 0 Å². The number of pyridine rings is 1. The summed E-state index contributed by atoms with van der Waals surface area (Å²) < 4.78 is 5.08. The minimum atomic E-state index is -0.613. The number of carbonyl (C=O) groups excluding carboxylic acids is 1. The Labute approximate surface area is 107 Å². The minimum Gasteiger partial charge on any atom is -0.421 e. The van der Waals surface area contributed by atoms with Gasteiger partial charge in [0.05, 0.1) is 0 Å². The molecular weight excluding hydrogens is 256 g/mol. The lowest BCUT2D eigenvalue weighted by Gasteiger charge is -2.02. The molecule has 0 saturated heterocycles. The molecule has 0 aliphatic carbocycles. The molecule has 0 unspecified atom stereocenters. The van der Waals surface area contributed by atoms with Crippen LogP contribution in [-0.4, -0.2) is 10.9 Å². The standard InChI is InChI=1S/C12H9ClN2O3/c1-7(16)15-9-3-4-10(18-12(9)17)8-2-5-11(13)14-6-8/h2-6H,1H3,(H,15,16). The molecule has 0 bridgehead atoms. The summed E-state index contributed by atoms with van der Waals surface area (Å²) in [5, 5.41) is 2.74. The summed E-state index contributed by atoms with van der Waals surface area (Å²) in [6.45, 7) is 1.32. The monoisotopic (exact) mass is 264 g/mol. The third kappa shape index (κ3) is 2.75. The number of nitrogens with one attached hydrogen (secondary N) is 1. The van der Waals surface area contributed by atoms with Gasteiger partial charge in [0.1, 0.15) is 16.6 Å². The molecule has 0 spiro atoms. The molecule has 92 valence electrons. The first kappa shape index (κ1) is 12.3. The van der Waals surface area contributed by atoms with Crippen molar-refractivity contribution in [2.45, 2.75) is 6.92 Å². The van der Waals surface area contributed by atoms with Crippen molar-refractivity contribution in [2.24, 2.45) is 0 Å². The summed E-state index contributed by atoms with van der Waals surface area (Å²) in [6, 6.07) is 6.35. The highest BCUT2D eigenvalue weighted by Crippen LogP contribution is 2.19. The zero-order chi connectivity index (χ0) is 13.1. The highest BCUT2D eigenvalue weighted by Gasteiger charge is 2.07. The van der Waals surface area contributed by atoms with E-state index >= 15 is 0 Å². The largest absolute Gasteiger partial charge is 0.421 e. The van der Waals surface area contributed by atoms with E-state index in [1.807, 2.05) is 0 Å². The lowest BCUT2D eigenvalue weighted by molar-refractivity contribution is -0.114. The van der Waals surface area contributed by atoms with Gasteiger partial charge in [-0.1, -0.05) is 11.6 Å². The van der Waals surface area contributed by atoms with E-state index in [4.69, 9.17) is 16.0 Å². The van der Waals surface area contributed by atoms with Gasteiger partial charge in [0, 0.05) is 18.7 Å². The van der Waals surface area contributed by atoms with Gasteiger partial charge in [0.25, 0.3) is 0 Å². The van der Waals surface area contributed by atoms with Gasteiger partial charge in [-0.2, -0.15) is 0 Å². The number of nitrogens with zero attached hydrogens (tertiary/aromatic N) is 1. The normalized spacial score (nSPS) is 10.1. The summed E-state index contributed by atoms with van der Waals surface area (Å²) in [6.07, 6.45) is 1.50. The predicted molar refractivity (Wildman–Crippen MR) is 67.5 cm³/mol. The van der Waals surface area contributed by atoms with E-state index in [2.05, 4.69) is 10.3 Å². The number of aromatic nitrogens is 1. The molecule has 0 atom stereocenters. The van der Waals surface area contributed by atoms with Gasteiger partial charge in [0.2, 0.25) is 5.91 Å². The van der Waals surface area contributed by atoms with Crippen LogP contribution in [0.4, 0.5) is 5.69 Å². The average Bonchev–Trinajstić information content (AvgIpc) is 2.32. The van der Waals surface area contributed by atoms with Crippen LogP contribution < -0.4 is 10.9 Å². The van der Waals surface area contributed by atoms with Crippen LogP contribution in [0.5, 0.6) is 0 Å². The topological polar surface area (TPSA) is 72.2 Å². The van der Waals surface area contributed by atoms with Crippen LogP contribution in [0.1, 0.15) is 6.92 Å². The molecular formula is C12H9ClN2O3. The molecule has 6 heteroatoms. The highest BCUT2D eigenvalue weighted by molar-refractivity contribution is 6.29. The van der Waals surface area contributed by atoms with Crippen LogP contribution in [0.15, 0.2) is 39.7 Å². The molecule has 18 heavy (non-hydrogen) atoms. The van der Waals surface area contributed by atoms with Crippen molar-refractivity contribution in [3.8, 4) is 11.3 Å². The van der Waals surface area contributed by atoms with E-state index in [0.29, 0.717) is 16.5 Å².